The molecule has 170 valence electrons. The molecule has 1 unspecified atom stereocenters. The quantitative estimate of drug-likeness (QED) is 0.215. The normalized spacial score (nSPS) is 17.5. The minimum absolute atomic E-state index is 0.0392. The van der Waals surface area contributed by atoms with Gasteiger partial charge in [-0.2, -0.15) is 0 Å². The topological polar surface area (TPSA) is 92.9 Å². The first-order chi connectivity index (χ1) is 15.9. The number of aromatic nitrogens is 1. The van der Waals surface area contributed by atoms with E-state index in [-0.39, 0.29) is 17.2 Å². The minimum atomic E-state index is -0.894. The van der Waals surface area contributed by atoms with Crippen LogP contribution in [0.15, 0.2) is 64.7 Å². The maximum atomic E-state index is 13.1. The summed E-state index contributed by atoms with van der Waals surface area (Å²) in [5.74, 6) is -0.537. The number of anilines is 1. The number of ether oxygens (including phenoxy) is 1. The maximum Gasteiger partial charge on any atom is 0.301 e. The Balaban J connectivity index is 1.81. The molecular formula is C25H23ClN2O5. The molecule has 33 heavy (non-hydrogen) atoms. The molecular weight excluding hydrogens is 444 g/mol. The minimum Gasteiger partial charge on any atom is -0.507 e. The van der Waals surface area contributed by atoms with E-state index in [1.165, 1.54) is 4.90 Å². The van der Waals surface area contributed by atoms with Gasteiger partial charge in [0.2, 0.25) is 0 Å². The molecule has 3 aromatic rings. The molecule has 0 saturated carbocycles. The fourth-order valence-electron chi connectivity index (χ4n) is 3.69. The van der Waals surface area contributed by atoms with Crippen LogP contribution in [0.1, 0.15) is 42.7 Å². The zero-order valence-electron chi connectivity index (χ0n) is 18.2. The lowest BCUT2D eigenvalue weighted by atomic mass is 9.95. The Morgan fingerprint density at radius 3 is 2.45 bits per heavy atom. The van der Waals surface area contributed by atoms with E-state index < -0.39 is 17.7 Å². The van der Waals surface area contributed by atoms with Gasteiger partial charge in [0.05, 0.1) is 18.2 Å². The van der Waals surface area contributed by atoms with Gasteiger partial charge in [-0.25, -0.2) is 0 Å². The van der Waals surface area contributed by atoms with Crippen LogP contribution in [-0.4, -0.2) is 28.6 Å². The van der Waals surface area contributed by atoms with Gasteiger partial charge in [0.1, 0.15) is 17.3 Å². The molecule has 0 aliphatic carbocycles. The lowest BCUT2D eigenvalue weighted by molar-refractivity contribution is -0.132. The fourth-order valence-corrected chi connectivity index (χ4v) is 3.82. The van der Waals surface area contributed by atoms with E-state index in [1.807, 2.05) is 0 Å². The highest BCUT2D eigenvalue weighted by Gasteiger charge is 2.48. The summed E-state index contributed by atoms with van der Waals surface area (Å²) in [4.78, 5) is 27.4. The number of carbonyl (C=O) groups is 2. The third kappa shape index (κ3) is 4.50. The molecule has 0 radical (unpaired) electrons. The Morgan fingerprint density at radius 2 is 1.85 bits per heavy atom. The smallest absolute Gasteiger partial charge is 0.301 e. The van der Waals surface area contributed by atoms with E-state index in [2.05, 4.69) is 12.1 Å². The van der Waals surface area contributed by atoms with Gasteiger partial charge in [0.25, 0.3) is 5.78 Å². The molecule has 7 nitrogen and oxygen atoms in total. The molecule has 1 atom stereocenters. The number of nitrogens with zero attached hydrogens (tertiary/aromatic N) is 2. The van der Waals surface area contributed by atoms with Crippen molar-refractivity contribution in [3.05, 3.63) is 82.1 Å². The van der Waals surface area contributed by atoms with E-state index in [0.717, 1.165) is 12.8 Å². The Labute approximate surface area is 196 Å². The Morgan fingerprint density at radius 1 is 1.15 bits per heavy atom. The van der Waals surface area contributed by atoms with Gasteiger partial charge in [-0.1, -0.05) is 42.2 Å². The van der Waals surface area contributed by atoms with Gasteiger partial charge >= 0.3 is 5.91 Å². The summed E-state index contributed by atoms with van der Waals surface area (Å²) >= 11 is 5.96. The number of rotatable bonds is 7. The molecule has 1 N–H and O–H groups in total. The third-order valence-corrected chi connectivity index (χ3v) is 5.64. The first kappa shape index (κ1) is 22.6. The SMILES string of the molecule is CCCCOc1ccc(C2/C(=C(/O)c3ccc(Cl)cc3)C(=O)C(=O)N2c2cc(C)on2)cc1. The van der Waals surface area contributed by atoms with Crippen molar-refractivity contribution < 1.29 is 24.0 Å². The second-order valence-corrected chi connectivity index (χ2v) is 8.18. The van der Waals surface area contributed by atoms with E-state index in [1.54, 1.807) is 61.5 Å². The second-order valence-electron chi connectivity index (χ2n) is 7.74. The number of hydrogen-bond donors (Lipinski definition) is 1. The summed E-state index contributed by atoms with van der Waals surface area (Å²) < 4.78 is 10.9. The predicted octanol–water partition coefficient (Wildman–Crippen LogP) is 5.44. The van der Waals surface area contributed by atoms with Crippen molar-refractivity contribution in [2.75, 3.05) is 11.5 Å². The van der Waals surface area contributed by atoms with Gasteiger partial charge in [-0.05, 0) is 55.3 Å². The number of aryl methyl sites for hydroxylation is 1. The molecule has 1 saturated heterocycles. The van der Waals surface area contributed by atoms with Crippen LogP contribution in [-0.2, 0) is 9.59 Å². The number of halogens is 1. The number of hydrogen-bond acceptors (Lipinski definition) is 6. The average molecular weight is 467 g/mol. The van der Waals surface area contributed by atoms with Crippen LogP contribution in [0.5, 0.6) is 5.75 Å². The van der Waals surface area contributed by atoms with Crippen molar-refractivity contribution in [2.24, 2.45) is 0 Å². The molecule has 1 aliphatic heterocycles. The number of carbonyl (C=O) groups excluding carboxylic acids is 2. The molecule has 8 heteroatoms. The van der Waals surface area contributed by atoms with E-state index >= 15 is 0 Å². The molecule has 0 spiro atoms. The number of unbranched alkanes of at least 4 members (excludes halogenated alkanes) is 1. The van der Waals surface area contributed by atoms with Gasteiger partial charge in [0.15, 0.2) is 5.82 Å². The van der Waals surface area contributed by atoms with Gasteiger partial charge in [-0.3, -0.25) is 14.5 Å². The molecule has 1 aliphatic rings. The van der Waals surface area contributed by atoms with Crippen molar-refractivity contribution in [1.29, 1.82) is 0 Å². The first-order valence-electron chi connectivity index (χ1n) is 10.6. The fraction of sp³-hybridized carbons (Fsp3) is 0.240. The predicted molar refractivity (Wildman–Crippen MR) is 124 cm³/mol. The number of aliphatic hydroxyl groups excluding tert-OH is 1. The van der Waals surface area contributed by atoms with Gasteiger partial charge in [0, 0.05) is 16.7 Å². The lowest BCUT2D eigenvalue weighted by Gasteiger charge is -2.23. The van der Waals surface area contributed by atoms with Crippen LogP contribution < -0.4 is 9.64 Å². The van der Waals surface area contributed by atoms with Crippen molar-refractivity contribution in [2.45, 2.75) is 32.7 Å². The third-order valence-electron chi connectivity index (χ3n) is 5.39. The zero-order valence-corrected chi connectivity index (χ0v) is 19.0. The van der Waals surface area contributed by atoms with Crippen LogP contribution >= 0.6 is 11.6 Å². The highest BCUT2D eigenvalue weighted by atomic mass is 35.5. The molecule has 2 heterocycles. The standard InChI is InChI=1S/C25H23ClN2O5/c1-3-4-13-32-19-11-7-16(8-12-19)22-21(23(29)17-5-9-18(26)10-6-17)24(30)25(31)28(22)20-14-15(2)33-27-20/h5-12,14,22,29H,3-4,13H2,1-2H3/b23-21-. The number of ketones is 1. The van der Waals surface area contributed by atoms with Crippen molar-refractivity contribution in [3.63, 3.8) is 0 Å². The molecule has 4 rings (SSSR count). The summed E-state index contributed by atoms with van der Waals surface area (Å²) in [6, 6.07) is 14.2. The zero-order chi connectivity index (χ0) is 23.5. The highest BCUT2D eigenvalue weighted by Crippen LogP contribution is 2.42. The number of amides is 1. The summed E-state index contributed by atoms with van der Waals surface area (Å²) in [7, 11) is 0. The summed E-state index contributed by atoms with van der Waals surface area (Å²) in [6.45, 7) is 4.38. The highest BCUT2D eigenvalue weighted by molar-refractivity contribution is 6.51. The summed E-state index contributed by atoms with van der Waals surface area (Å²) in [5.41, 5.74) is 0.953. The van der Waals surface area contributed by atoms with E-state index in [9.17, 15) is 14.7 Å². The largest absolute Gasteiger partial charge is 0.507 e. The van der Waals surface area contributed by atoms with Crippen molar-refractivity contribution >= 4 is 34.9 Å². The van der Waals surface area contributed by atoms with Gasteiger partial charge < -0.3 is 14.4 Å². The molecule has 1 fully saturated rings. The molecule has 1 amide bonds. The van der Waals surface area contributed by atoms with E-state index in [4.69, 9.17) is 20.9 Å². The van der Waals surface area contributed by atoms with E-state index in [0.29, 0.717) is 34.3 Å². The van der Waals surface area contributed by atoms with Crippen LogP contribution in [0.2, 0.25) is 5.02 Å². The van der Waals surface area contributed by atoms with Crippen LogP contribution in [0.25, 0.3) is 5.76 Å². The van der Waals surface area contributed by atoms with Crippen molar-refractivity contribution in [1.82, 2.24) is 5.16 Å². The lowest BCUT2D eigenvalue weighted by Crippen LogP contribution is -2.29. The Bertz CT molecular complexity index is 1200. The number of Topliss-reactive ketones (excluding diaryl/α,β-unsaturated/α-hetero) is 1. The van der Waals surface area contributed by atoms with Crippen molar-refractivity contribution in [3.8, 4) is 5.75 Å². The van der Waals surface area contributed by atoms with Crippen LogP contribution in [0.3, 0.4) is 0 Å². The molecule has 1 aromatic heterocycles. The van der Waals surface area contributed by atoms with Gasteiger partial charge in [-0.15, -0.1) is 0 Å². The average Bonchev–Trinajstić information content (AvgIpc) is 3.35. The monoisotopic (exact) mass is 466 g/mol. The summed E-state index contributed by atoms with van der Waals surface area (Å²) in [5, 5.41) is 15.5. The molecule has 2 aromatic carbocycles. The summed E-state index contributed by atoms with van der Waals surface area (Å²) in [6.07, 6.45) is 1.96. The Hall–Kier alpha value is -3.58. The van der Waals surface area contributed by atoms with Crippen LogP contribution in [0.4, 0.5) is 5.82 Å². The number of benzene rings is 2. The number of aliphatic hydroxyl groups is 1. The maximum absolute atomic E-state index is 13.1. The van der Waals surface area contributed by atoms with Crippen LogP contribution in [0, 0.1) is 6.92 Å². The first-order valence-corrected chi connectivity index (χ1v) is 11.0. The second kappa shape index (κ2) is 9.50. The molecule has 0 bridgehead atoms. The Kier molecular flexibility index (Phi) is 6.51.